The molecule has 2 aromatic carbocycles. The zero-order valence-corrected chi connectivity index (χ0v) is 20.4. The summed E-state index contributed by atoms with van der Waals surface area (Å²) in [4.78, 5) is 44.6. The second kappa shape index (κ2) is 9.87. The third-order valence-electron chi connectivity index (χ3n) is 6.75. The van der Waals surface area contributed by atoms with Gasteiger partial charge in [0.1, 0.15) is 11.3 Å². The number of aryl methyl sites for hydroxylation is 1. The minimum Gasteiger partial charge on any atom is -0.484 e. The average Bonchev–Trinajstić information content (AvgIpc) is 3.36. The maximum Gasteiger partial charge on any atom is 0.331 e. The van der Waals surface area contributed by atoms with Crippen LogP contribution in [-0.4, -0.2) is 62.6 Å². The number of aromatic nitrogens is 3. The van der Waals surface area contributed by atoms with Crippen LogP contribution >= 0.6 is 0 Å². The monoisotopic (exact) mass is 487 g/mol. The van der Waals surface area contributed by atoms with E-state index in [9.17, 15) is 14.4 Å². The van der Waals surface area contributed by atoms with Gasteiger partial charge in [0.2, 0.25) is 0 Å². The lowest BCUT2D eigenvalue weighted by Gasteiger charge is -2.34. The van der Waals surface area contributed by atoms with Gasteiger partial charge in [-0.3, -0.25) is 23.6 Å². The summed E-state index contributed by atoms with van der Waals surface area (Å²) in [6.45, 7) is 3.95. The Bertz CT molecular complexity index is 1490. The number of aromatic amines is 1. The number of benzene rings is 2. The molecule has 1 N–H and O–H groups in total. The van der Waals surface area contributed by atoms with Crippen LogP contribution in [0.5, 0.6) is 5.75 Å². The number of carbonyl (C=O) groups is 1. The van der Waals surface area contributed by atoms with Crippen molar-refractivity contribution in [3.8, 4) is 17.0 Å². The van der Waals surface area contributed by atoms with Crippen molar-refractivity contribution in [2.45, 2.75) is 6.54 Å². The number of nitrogens with zero attached hydrogens (tertiary/aromatic N) is 4. The van der Waals surface area contributed by atoms with E-state index in [1.54, 1.807) is 25.2 Å². The fourth-order valence-corrected chi connectivity index (χ4v) is 4.57. The van der Waals surface area contributed by atoms with E-state index in [1.807, 2.05) is 35.2 Å². The predicted molar refractivity (Wildman–Crippen MR) is 138 cm³/mol. The third-order valence-corrected chi connectivity index (χ3v) is 6.75. The van der Waals surface area contributed by atoms with Crippen molar-refractivity contribution in [1.29, 1.82) is 0 Å². The molecule has 0 radical (unpaired) electrons. The van der Waals surface area contributed by atoms with Crippen molar-refractivity contribution in [2.75, 3.05) is 32.8 Å². The zero-order chi connectivity index (χ0) is 25.2. The molecule has 0 bridgehead atoms. The van der Waals surface area contributed by atoms with E-state index in [0.717, 1.165) is 35.5 Å². The van der Waals surface area contributed by atoms with Gasteiger partial charge in [0.25, 0.3) is 11.5 Å². The Morgan fingerprint density at radius 1 is 0.917 bits per heavy atom. The van der Waals surface area contributed by atoms with E-state index < -0.39 is 0 Å². The smallest absolute Gasteiger partial charge is 0.331 e. The molecule has 1 saturated heterocycles. The van der Waals surface area contributed by atoms with E-state index in [4.69, 9.17) is 4.74 Å². The summed E-state index contributed by atoms with van der Waals surface area (Å²) in [6.07, 6.45) is 0. The maximum atomic E-state index is 12.7. The Kier molecular flexibility index (Phi) is 6.47. The Balaban J connectivity index is 1.17. The van der Waals surface area contributed by atoms with Crippen molar-refractivity contribution in [3.63, 3.8) is 0 Å². The Morgan fingerprint density at radius 3 is 2.31 bits per heavy atom. The highest BCUT2D eigenvalue weighted by Gasteiger charge is 2.21. The molecule has 0 saturated carbocycles. The van der Waals surface area contributed by atoms with E-state index in [1.165, 1.54) is 17.2 Å². The molecule has 4 aromatic rings. The molecule has 0 unspecified atom stereocenters. The van der Waals surface area contributed by atoms with Gasteiger partial charge in [-0.2, -0.15) is 0 Å². The normalized spacial score (nSPS) is 14.3. The van der Waals surface area contributed by atoms with Gasteiger partial charge in [-0.15, -0.1) is 0 Å². The average molecular weight is 488 g/mol. The molecule has 1 aliphatic rings. The van der Waals surface area contributed by atoms with Crippen LogP contribution in [0, 0.1) is 0 Å². The summed E-state index contributed by atoms with van der Waals surface area (Å²) in [5.74, 6) is 0.569. The summed E-state index contributed by atoms with van der Waals surface area (Å²) in [5.41, 5.74) is 3.04. The highest BCUT2D eigenvalue weighted by Crippen LogP contribution is 2.24. The second-order valence-electron chi connectivity index (χ2n) is 9.10. The molecule has 2 aromatic heterocycles. The van der Waals surface area contributed by atoms with Crippen molar-refractivity contribution < 1.29 is 9.53 Å². The first-order valence-electron chi connectivity index (χ1n) is 12.0. The minimum absolute atomic E-state index is 0.0113. The van der Waals surface area contributed by atoms with Crippen LogP contribution < -0.4 is 16.0 Å². The standard InChI is InChI=1S/C27H29N5O4/c1-29-23-16-22(28-25(23)26(34)30(2)27(29)35)20-8-10-21(11-9-20)36-18-24(33)32-14-12-31(13-15-32)17-19-6-4-3-5-7-19/h3-11,16,28H,12-15,17-18H2,1-2H3. The number of nitrogens with one attached hydrogen (secondary N) is 1. The number of carbonyl (C=O) groups excluding carboxylic acids is 1. The lowest BCUT2D eigenvalue weighted by atomic mass is 10.1. The van der Waals surface area contributed by atoms with Gasteiger partial charge in [-0.25, -0.2) is 4.79 Å². The second-order valence-corrected chi connectivity index (χ2v) is 9.10. The van der Waals surface area contributed by atoms with Crippen LogP contribution in [0.4, 0.5) is 0 Å². The van der Waals surface area contributed by atoms with Gasteiger partial charge < -0.3 is 14.6 Å². The van der Waals surface area contributed by atoms with Gasteiger partial charge in [-0.05, 0) is 41.5 Å². The zero-order valence-electron chi connectivity index (χ0n) is 20.4. The number of H-pyrrole nitrogens is 1. The van der Waals surface area contributed by atoms with E-state index >= 15 is 0 Å². The lowest BCUT2D eigenvalue weighted by molar-refractivity contribution is -0.135. The van der Waals surface area contributed by atoms with Gasteiger partial charge >= 0.3 is 5.69 Å². The quantitative estimate of drug-likeness (QED) is 0.449. The Labute approximate surface area is 208 Å². The number of fused-ring (bicyclic) bond motifs is 1. The summed E-state index contributed by atoms with van der Waals surface area (Å²) in [5, 5.41) is 0. The van der Waals surface area contributed by atoms with E-state index in [2.05, 4.69) is 22.0 Å². The number of ether oxygens (including phenoxy) is 1. The number of amides is 1. The first-order chi connectivity index (χ1) is 17.4. The third kappa shape index (κ3) is 4.70. The molecule has 0 spiro atoms. The molecule has 9 heteroatoms. The van der Waals surface area contributed by atoms with Crippen LogP contribution in [0.25, 0.3) is 22.3 Å². The van der Waals surface area contributed by atoms with Gasteiger partial charge in [0.05, 0.1) is 5.52 Å². The van der Waals surface area contributed by atoms with Crippen molar-refractivity contribution >= 4 is 16.9 Å². The first kappa shape index (κ1) is 23.6. The molecule has 1 fully saturated rings. The topological polar surface area (TPSA) is 92.6 Å². The SMILES string of the molecule is Cn1c(=O)c2[nH]c(-c3ccc(OCC(=O)N4CCN(Cc5ccccc5)CC4)cc3)cc2n(C)c1=O. The molecule has 5 rings (SSSR count). The lowest BCUT2D eigenvalue weighted by Crippen LogP contribution is -2.49. The molecular weight excluding hydrogens is 458 g/mol. The van der Waals surface area contributed by atoms with Crippen molar-refractivity contribution in [2.24, 2.45) is 14.1 Å². The molecular formula is C27H29N5O4. The fourth-order valence-electron chi connectivity index (χ4n) is 4.57. The maximum absolute atomic E-state index is 12.7. The molecule has 0 aliphatic carbocycles. The highest BCUT2D eigenvalue weighted by atomic mass is 16.5. The highest BCUT2D eigenvalue weighted by molar-refractivity contribution is 5.82. The number of rotatable bonds is 6. The largest absolute Gasteiger partial charge is 0.484 e. The van der Waals surface area contributed by atoms with Crippen molar-refractivity contribution in [1.82, 2.24) is 23.9 Å². The molecule has 36 heavy (non-hydrogen) atoms. The molecule has 1 amide bonds. The minimum atomic E-state index is -0.371. The van der Waals surface area contributed by atoms with Gasteiger partial charge in [0, 0.05) is 52.5 Å². The van der Waals surface area contributed by atoms with E-state index in [-0.39, 0.29) is 23.8 Å². The summed E-state index contributed by atoms with van der Waals surface area (Å²) in [6, 6.07) is 19.4. The summed E-state index contributed by atoms with van der Waals surface area (Å²) in [7, 11) is 3.10. The summed E-state index contributed by atoms with van der Waals surface area (Å²) < 4.78 is 8.28. The molecule has 186 valence electrons. The number of piperazine rings is 1. The number of hydrogen-bond acceptors (Lipinski definition) is 5. The summed E-state index contributed by atoms with van der Waals surface area (Å²) >= 11 is 0. The number of hydrogen-bond donors (Lipinski definition) is 1. The first-order valence-corrected chi connectivity index (χ1v) is 12.0. The van der Waals surface area contributed by atoms with Crippen molar-refractivity contribution in [3.05, 3.63) is 87.1 Å². The Hall–Kier alpha value is -4.11. The Morgan fingerprint density at radius 2 is 1.61 bits per heavy atom. The molecule has 0 atom stereocenters. The molecule has 1 aliphatic heterocycles. The van der Waals surface area contributed by atoms with Gasteiger partial charge in [0.15, 0.2) is 6.61 Å². The van der Waals surface area contributed by atoms with E-state index in [0.29, 0.717) is 29.9 Å². The van der Waals surface area contributed by atoms with Crippen LogP contribution in [0.1, 0.15) is 5.56 Å². The van der Waals surface area contributed by atoms with Gasteiger partial charge in [-0.1, -0.05) is 30.3 Å². The predicted octanol–water partition coefficient (Wildman–Crippen LogP) is 1.96. The van der Waals surface area contributed by atoms with Crippen LogP contribution in [0.2, 0.25) is 0 Å². The molecule has 3 heterocycles. The molecule has 9 nitrogen and oxygen atoms in total. The van der Waals surface area contributed by atoms with Crippen LogP contribution in [0.3, 0.4) is 0 Å². The fraction of sp³-hybridized carbons (Fsp3) is 0.296. The van der Waals surface area contributed by atoms with Crippen LogP contribution in [0.15, 0.2) is 70.3 Å². The van der Waals surface area contributed by atoms with Crippen LogP contribution in [-0.2, 0) is 25.4 Å².